The van der Waals surface area contributed by atoms with E-state index in [1.165, 1.54) is 0 Å². The summed E-state index contributed by atoms with van der Waals surface area (Å²) < 4.78 is 5.15. The van der Waals surface area contributed by atoms with Gasteiger partial charge in [-0.3, -0.25) is 4.79 Å². The summed E-state index contributed by atoms with van der Waals surface area (Å²) in [6, 6.07) is 5.23. The molecule has 1 aromatic heterocycles. The lowest BCUT2D eigenvalue weighted by atomic mass is 10.0. The Morgan fingerprint density at radius 3 is 3.05 bits per heavy atom. The fraction of sp³-hybridized carbons (Fsp3) is 0.200. The van der Waals surface area contributed by atoms with Crippen LogP contribution in [0.3, 0.4) is 0 Å². The van der Waals surface area contributed by atoms with Gasteiger partial charge < -0.3 is 9.73 Å². The number of benzene rings is 1. The summed E-state index contributed by atoms with van der Waals surface area (Å²) in [6.07, 6.45) is 1.31. The molecule has 0 unspecified atom stereocenters. The second kappa shape index (κ2) is 4.71. The normalized spacial score (nSPS) is 13.9. The number of hydrogen-bond acceptors (Lipinski definition) is 4. The lowest BCUT2D eigenvalue weighted by Crippen LogP contribution is -2.16. The highest BCUT2D eigenvalue weighted by atomic mass is 16.4. The van der Waals surface area contributed by atoms with Crippen molar-refractivity contribution in [1.29, 1.82) is 0 Å². The summed E-state index contributed by atoms with van der Waals surface area (Å²) in [5, 5.41) is 4.02. The summed E-state index contributed by atoms with van der Waals surface area (Å²) in [4.78, 5) is 22.3. The second-order valence-corrected chi connectivity index (χ2v) is 4.38. The molecule has 0 saturated carbocycles. The van der Waals surface area contributed by atoms with Gasteiger partial charge >= 0.3 is 5.63 Å². The van der Waals surface area contributed by atoms with Crippen LogP contribution in [-0.4, -0.2) is 12.8 Å². The Bertz CT molecular complexity index is 778. The van der Waals surface area contributed by atoms with E-state index in [1.807, 2.05) is 6.07 Å². The fourth-order valence-electron chi connectivity index (χ4n) is 2.11. The van der Waals surface area contributed by atoms with Gasteiger partial charge in [-0.2, -0.15) is 0 Å². The molecule has 0 radical (unpaired) electrons. The highest BCUT2D eigenvalue weighted by Crippen LogP contribution is 2.20. The van der Waals surface area contributed by atoms with Crippen LogP contribution in [0.2, 0.25) is 0 Å². The minimum absolute atomic E-state index is 0.0392. The molecule has 1 aliphatic rings. The van der Waals surface area contributed by atoms with Crippen LogP contribution in [0.15, 0.2) is 27.4 Å². The van der Waals surface area contributed by atoms with Gasteiger partial charge in [0.2, 0.25) is 0 Å². The fourth-order valence-corrected chi connectivity index (χ4v) is 2.11. The Balaban J connectivity index is 2.28. The predicted octanol–water partition coefficient (Wildman–Crippen LogP) is 1.45. The lowest BCUT2D eigenvalue weighted by molar-refractivity contribution is 0.112. The third kappa shape index (κ3) is 2.16. The molecule has 0 saturated heterocycles. The number of nitrogens with one attached hydrogen (secondary N) is 1. The molecule has 0 atom stereocenters. The van der Waals surface area contributed by atoms with Crippen molar-refractivity contribution in [2.75, 3.05) is 6.54 Å². The molecule has 4 nitrogen and oxygen atoms in total. The average Bonchev–Trinajstić information content (AvgIpc) is 2.38. The van der Waals surface area contributed by atoms with Crippen LogP contribution < -0.4 is 10.9 Å². The molecule has 19 heavy (non-hydrogen) atoms. The highest BCUT2D eigenvalue weighted by molar-refractivity contribution is 5.85. The first-order valence-corrected chi connectivity index (χ1v) is 6.03. The zero-order valence-electron chi connectivity index (χ0n) is 10.2. The van der Waals surface area contributed by atoms with Crippen LogP contribution in [0.25, 0.3) is 11.0 Å². The topological polar surface area (TPSA) is 59.3 Å². The number of aldehydes is 1. The molecule has 1 N–H and O–H groups in total. The zero-order chi connectivity index (χ0) is 13.2. The standard InChI is InChI=1S/C15H11NO3/c17-9-13-6-11-5-12-8-16-4-2-1-3-10(12)7-14(11)19-15(13)18/h5-7,9,16H,2,4,8H2. The van der Waals surface area contributed by atoms with Crippen LogP contribution in [0.1, 0.15) is 27.9 Å². The zero-order valence-corrected chi connectivity index (χ0v) is 10.2. The molecular weight excluding hydrogens is 242 g/mol. The van der Waals surface area contributed by atoms with Crippen molar-refractivity contribution < 1.29 is 9.21 Å². The van der Waals surface area contributed by atoms with Crippen LogP contribution >= 0.6 is 0 Å². The average molecular weight is 253 g/mol. The first-order valence-electron chi connectivity index (χ1n) is 6.03. The molecule has 0 amide bonds. The SMILES string of the molecule is O=Cc1cc2cc3c(cc2oc1=O)C#CCCNC3. The van der Waals surface area contributed by atoms with Crippen molar-refractivity contribution in [3.8, 4) is 11.8 Å². The number of carbonyl (C=O) groups excluding carboxylic acids is 1. The Labute approximate surface area is 109 Å². The molecule has 0 spiro atoms. The van der Waals surface area contributed by atoms with Gasteiger partial charge in [0.15, 0.2) is 6.29 Å². The van der Waals surface area contributed by atoms with E-state index >= 15 is 0 Å². The molecule has 1 aromatic carbocycles. The molecule has 0 bridgehead atoms. The van der Waals surface area contributed by atoms with E-state index in [0.717, 1.165) is 36.0 Å². The predicted molar refractivity (Wildman–Crippen MR) is 71.1 cm³/mol. The Hall–Kier alpha value is -2.38. The van der Waals surface area contributed by atoms with Crippen molar-refractivity contribution in [3.63, 3.8) is 0 Å². The summed E-state index contributed by atoms with van der Waals surface area (Å²) >= 11 is 0. The van der Waals surface area contributed by atoms with Crippen molar-refractivity contribution >= 4 is 17.3 Å². The van der Waals surface area contributed by atoms with E-state index in [-0.39, 0.29) is 5.56 Å². The van der Waals surface area contributed by atoms with E-state index in [1.54, 1.807) is 12.1 Å². The Morgan fingerprint density at radius 1 is 1.32 bits per heavy atom. The molecule has 4 heteroatoms. The van der Waals surface area contributed by atoms with Crippen LogP contribution in [0, 0.1) is 11.8 Å². The van der Waals surface area contributed by atoms with E-state index in [2.05, 4.69) is 17.2 Å². The van der Waals surface area contributed by atoms with Gasteiger partial charge in [-0.15, -0.1) is 0 Å². The van der Waals surface area contributed by atoms with Crippen molar-refractivity contribution in [2.24, 2.45) is 0 Å². The Morgan fingerprint density at radius 2 is 2.21 bits per heavy atom. The third-order valence-corrected chi connectivity index (χ3v) is 3.08. The number of rotatable bonds is 1. The van der Waals surface area contributed by atoms with Crippen LogP contribution in [-0.2, 0) is 6.54 Å². The summed E-state index contributed by atoms with van der Waals surface area (Å²) in [5.41, 5.74) is 1.80. The first-order chi connectivity index (χ1) is 9.28. The van der Waals surface area contributed by atoms with E-state index in [9.17, 15) is 9.59 Å². The second-order valence-electron chi connectivity index (χ2n) is 4.38. The minimum Gasteiger partial charge on any atom is -0.422 e. The summed E-state index contributed by atoms with van der Waals surface area (Å²) in [6.45, 7) is 1.57. The molecule has 0 aliphatic carbocycles. The minimum atomic E-state index is -0.612. The highest BCUT2D eigenvalue weighted by Gasteiger charge is 2.09. The summed E-state index contributed by atoms with van der Waals surface area (Å²) in [7, 11) is 0. The van der Waals surface area contributed by atoms with Crippen molar-refractivity contribution in [3.05, 3.63) is 45.3 Å². The van der Waals surface area contributed by atoms with Crippen LogP contribution in [0.4, 0.5) is 0 Å². The van der Waals surface area contributed by atoms with Gasteiger partial charge in [-0.25, -0.2) is 4.79 Å². The number of hydrogen-bond donors (Lipinski definition) is 1. The van der Waals surface area contributed by atoms with Gasteiger partial charge in [-0.05, 0) is 23.8 Å². The quantitative estimate of drug-likeness (QED) is 0.475. The summed E-state index contributed by atoms with van der Waals surface area (Å²) in [5.74, 6) is 6.14. The van der Waals surface area contributed by atoms with Gasteiger partial charge in [0, 0.05) is 30.5 Å². The molecule has 2 aromatic rings. The molecular formula is C15H11NO3. The lowest BCUT2D eigenvalue weighted by Gasteiger charge is -2.10. The molecule has 94 valence electrons. The van der Waals surface area contributed by atoms with Crippen molar-refractivity contribution in [2.45, 2.75) is 13.0 Å². The van der Waals surface area contributed by atoms with Gasteiger partial charge in [0.05, 0.1) is 0 Å². The number of carbonyl (C=O) groups is 1. The van der Waals surface area contributed by atoms with E-state index in [4.69, 9.17) is 4.42 Å². The van der Waals surface area contributed by atoms with Gasteiger partial charge in [0.1, 0.15) is 11.1 Å². The molecule has 0 fully saturated rings. The largest absolute Gasteiger partial charge is 0.422 e. The van der Waals surface area contributed by atoms with Gasteiger partial charge in [-0.1, -0.05) is 11.8 Å². The van der Waals surface area contributed by atoms with Crippen LogP contribution in [0.5, 0.6) is 0 Å². The van der Waals surface area contributed by atoms with E-state index < -0.39 is 5.63 Å². The maximum atomic E-state index is 11.5. The molecule has 3 rings (SSSR count). The number of fused-ring (bicyclic) bond motifs is 2. The molecule has 2 heterocycles. The Kier molecular flexibility index (Phi) is 2.90. The monoisotopic (exact) mass is 253 g/mol. The van der Waals surface area contributed by atoms with Crippen molar-refractivity contribution in [1.82, 2.24) is 5.32 Å². The third-order valence-electron chi connectivity index (χ3n) is 3.08. The van der Waals surface area contributed by atoms with Gasteiger partial charge in [0.25, 0.3) is 0 Å². The smallest absolute Gasteiger partial charge is 0.346 e. The first kappa shape index (κ1) is 11.7. The maximum absolute atomic E-state index is 11.5. The van der Waals surface area contributed by atoms with E-state index in [0.29, 0.717) is 11.9 Å². The molecule has 1 aliphatic heterocycles. The maximum Gasteiger partial charge on any atom is 0.346 e.